The third kappa shape index (κ3) is 3.74. The molecule has 124 valence electrons. The SMILES string of the molecule is CN(C)[C@H]1CCCC[C@@H]1Nc1cc(F)c(S(N)(=O)=O)c(F)c1. The second kappa shape index (κ2) is 6.47. The Kier molecular flexibility index (Phi) is 5.03. The van der Waals surface area contributed by atoms with Crippen molar-refractivity contribution in [3.8, 4) is 0 Å². The zero-order valence-corrected chi connectivity index (χ0v) is 13.5. The first-order valence-corrected chi connectivity index (χ1v) is 8.69. The van der Waals surface area contributed by atoms with E-state index in [0.29, 0.717) is 0 Å². The van der Waals surface area contributed by atoms with E-state index in [1.165, 1.54) is 0 Å². The number of primary sulfonamides is 1. The van der Waals surface area contributed by atoms with Crippen LogP contribution in [0.2, 0.25) is 0 Å². The molecule has 0 radical (unpaired) electrons. The fraction of sp³-hybridized carbons (Fsp3) is 0.571. The first-order chi connectivity index (χ1) is 10.2. The van der Waals surface area contributed by atoms with Crippen molar-refractivity contribution in [1.82, 2.24) is 4.90 Å². The molecule has 0 unspecified atom stereocenters. The molecule has 0 bridgehead atoms. The Hall–Kier alpha value is -1.25. The molecule has 2 atom stereocenters. The van der Waals surface area contributed by atoms with Crippen LogP contribution in [0, 0.1) is 11.6 Å². The summed E-state index contributed by atoms with van der Waals surface area (Å²) in [6.45, 7) is 0. The van der Waals surface area contributed by atoms with Crippen molar-refractivity contribution in [3.05, 3.63) is 23.8 Å². The van der Waals surface area contributed by atoms with Crippen molar-refractivity contribution in [2.45, 2.75) is 42.7 Å². The lowest BCUT2D eigenvalue weighted by Gasteiger charge is -2.37. The molecular formula is C14H21F2N3O2S. The lowest BCUT2D eigenvalue weighted by atomic mass is 9.89. The number of nitrogens with one attached hydrogen (secondary N) is 1. The number of likely N-dealkylation sites (N-methyl/N-ethyl adjacent to an activating group) is 1. The molecule has 0 aliphatic heterocycles. The summed E-state index contributed by atoms with van der Waals surface area (Å²) in [6.07, 6.45) is 4.06. The number of benzene rings is 1. The molecule has 1 aliphatic carbocycles. The Balaban J connectivity index is 2.27. The average Bonchev–Trinajstić information content (AvgIpc) is 2.36. The molecule has 5 nitrogen and oxygen atoms in total. The highest BCUT2D eigenvalue weighted by Crippen LogP contribution is 2.27. The number of sulfonamides is 1. The van der Waals surface area contributed by atoms with Crippen molar-refractivity contribution in [2.24, 2.45) is 5.14 Å². The van der Waals surface area contributed by atoms with Crippen LogP contribution in [-0.2, 0) is 10.0 Å². The van der Waals surface area contributed by atoms with Gasteiger partial charge >= 0.3 is 0 Å². The summed E-state index contributed by atoms with van der Waals surface area (Å²) in [4.78, 5) is 0.994. The number of rotatable bonds is 4. The minimum absolute atomic E-state index is 0.0582. The van der Waals surface area contributed by atoms with E-state index in [1.54, 1.807) is 0 Å². The van der Waals surface area contributed by atoms with E-state index in [0.717, 1.165) is 37.8 Å². The van der Waals surface area contributed by atoms with Crippen LogP contribution in [0.5, 0.6) is 0 Å². The van der Waals surface area contributed by atoms with E-state index in [-0.39, 0.29) is 17.8 Å². The summed E-state index contributed by atoms with van der Waals surface area (Å²) in [5.74, 6) is -2.36. The van der Waals surface area contributed by atoms with Crippen molar-refractivity contribution in [1.29, 1.82) is 0 Å². The van der Waals surface area contributed by atoms with Gasteiger partial charge in [-0.3, -0.25) is 0 Å². The van der Waals surface area contributed by atoms with Crippen LogP contribution in [0.15, 0.2) is 17.0 Å². The van der Waals surface area contributed by atoms with Gasteiger partial charge in [0.1, 0.15) is 11.6 Å². The number of nitrogens with two attached hydrogens (primary N) is 1. The Morgan fingerprint density at radius 2 is 1.73 bits per heavy atom. The van der Waals surface area contributed by atoms with E-state index >= 15 is 0 Å². The minimum atomic E-state index is -4.42. The molecule has 0 saturated heterocycles. The van der Waals surface area contributed by atoms with E-state index in [4.69, 9.17) is 5.14 Å². The fourth-order valence-electron chi connectivity index (χ4n) is 3.03. The Bertz CT molecular complexity index is 626. The van der Waals surface area contributed by atoms with Gasteiger partial charge in [0.15, 0.2) is 4.90 Å². The summed E-state index contributed by atoms with van der Waals surface area (Å²) >= 11 is 0. The van der Waals surface area contributed by atoms with Gasteiger partial charge in [0.25, 0.3) is 0 Å². The van der Waals surface area contributed by atoms with E-state index < -0.39 is 26.6 Å². The molecular weight excluding hydrogens is 312 g/mol. The molecule has 0 spiro atoms. The van der Waals surface area contributed by atoms with Crippen LogP contribution in [0.1, 0.15) is 25.7 Å². The second-order valence-electron chi connectivity index (χ2n) is 5.88. The number of hydrogen-bond donors (Lipinski definition) is 2. The highest BCUT2D eigenvalue weighted by Gasteiger charge is 2.28. The summed E-state index contributed by atoms with van der Waals surface area (Å²) in [5, 5.41) is 7.93. The number of hydrogen-bond acceptors (Lipinski definition) is 4. The standard InChI is InChI=1S/C14H21F2N3O2S/c1-19(2)13-6-4-3-5-12(13)18-9-7-10(15)14(11(16)8-9)22(17,20)21/h7-8,12-13,18H,3-6H2,1-2H3,(H2,17,20,21)/t12-,13-/m0/s1. The Morgan fingerprint density at radius 3 is 2.23 bits per heavy atom. The minimum Gasteiger partial charge on any atom is -0.381 e. The van der Waals surface area contributed by atoms with Gasteiger partial charge in [-0.1, -0.05) is 12.8 Å². The monoisotopic (exact) mass is 333 g/mol. The molecule has 1 aromatic rings. The second-order valence-corrected chi connectivity index (χ2v) is 7.38. The van der Waals surface area contributed by atoms with E-state index in [2.05, 4.69) is 10.2 Å². The highest BCUT2D eigenvalue weighted by atomic mass is 32.2. The van der Waals surface area contributed by atoms with Crippen LogP contribution in [0.25, 0.3) is 0 Å². The third-order valence-corrected chi connectivity index (χ3v) is 4.99. The zero-order chi connectivity index (χ0) is 16.5. The van der Waals surface area contributed by atoms with Crippen LogP contribution >= 0.6 is 0 Å². The topological polar surface area (TPSA) is 75.4 Å². The van der Waals surface area contributed by atoms with Gasteiger partial charge < -0.3 is 10.2 Å². The summed E-state index contributed by atoms with van der Waals surface area (Å²) in [7, 11) is -0.488. The van der Waals surface area contributed by atoms with Gasteiger partial charge in [-0.15, -0.1) is 0 Å². The van der Waals surface area contributed by atoms with Crippen LogP contribution in [0.4, 0.5) is 14.5 Å². The molecule has 1 aliphatic rings. The molecule has 0 amide bonds. The van der Waals surface area contributed by atoms with Crippen molar-refractivity contribution >= 4 is 15.7 Å². The average molecular weight is 333 g/mol. The number of halogens is 2. The third-order valence-electron chi connectivity index (χ3n) is 4.03. The lowest BCUT2D eigenvalue weighted by Crippen LogP contribution is -2.45. The van der Waals surface area contributed by atoms with Crippen molar-refractivity contribution < 1.29 is 17.2 Å². The van der Waals surface area contributed by atoms with Gasteiger partial charge in [0.2, 0.25) is 10.0 Å². The maximum absolute atomic E-state index is 13.9. The van der Waals surface area contributed by atoms with Gasteiger partial charge in [0.05, 0.1) is 0 Å². The fourth-order valence-corrected chi connectivity index (χ4v) is 3.69. The number of anilines is 1. The molecule has 8 heteroatoms. The van der Waals surface area contributed by atoms with Crippen molar-refractivity contribution in [2.75, 3.05) is 19.4 Å². The normalized spacial score (nSPS) is 22.8. The van der Waals surface area contributed by atoms with E-state index in [1.807, 2.05) is 14.1 Å². The molecule has 1 aromatic carbocycles. The lowest BCUT2D eigenvalue weighted by molar-refractivity contribution is 0.211. The number of nitrogens with zero attached hydrogens (tertiary/aromatic N) is 1. The van der Waals surface area contributed by atoms with Gasteiger partial charge in [-0.05, 0) is 39.1 Å². The molecule has 1 fully saturated rings. The molecule has 1 saturated carbocycles. The summed E-state index contributed by atoms with van der Waals surface area (Å²) < 4.78 is 50.1. The quantitative estimate of drug-likeness (QED) is 0.882. The maximum Gasteiger partial charge on any atom is 0.243 e. The highest BCUT2D eigenvalue weighted by molar-refractivity contribution is 7.89. The molecule has 3 N–H and O–H groups in total. The summed E-state index contributed by atoms with van der Waals surface area (Å²) in [6, 6.07) is 2.27. The zero-order valence-electron chi connectivity index (χ0n) is 12.6. The molecule has 2 rings (SSSR count). The van der Waals surface area contributed by atoms with E-state index in [9.17, 15) is 17.2 Å². The van der Waals surface area contributed by atoms with Gasteiger partial charge in [0, 0.05) is 17.8 Å². The smallest absolute Gasteiger partial charge is 0.243 e. The maximum atomic E-state index is 13.9. The van der Waals surface area contributed by atoms with Crippen LogP contribution < -0.4 is 10.5 Å². The summed E-state index contributed by atoms with van der Waals surface area (Å²) in [5.41, 5.74) is 0.223. The Morgan fingerprint density at radius 1 is 1.18 bits per heavy atom. The largest absolute Gasteiger partial charge is 0.381 e. The predicted octanol–water partition coefficient (Wildman–Crippen LogP) is 1.90. The van der Waals surface area contributed by atoms with Crippen molar-refractivity contribution in [3.63, 3.8) is 0 Å². The van der Waals surface area contributed by atoms with Gasteiger partial charge in [-0.2, -0.15) is 0 Å². The molecule has 22 heavy (non-hydrogen) atoms. The Labute approximate surface area is 129 Å². The predicted molar refractivity (Wildman–Crippen MR) is 81.1 cm³/mol. The first-order valence-electron chi connectivity index (χ1n) is 7.15. The van der Waals surface area contributed by atoms with Crippen LogP contribution in [-0.4, -0.2) is 39.5 Å². The first kappa shape index (κ1) is 17.1. The van der Waals surface area contributed by atoms with Crippen LogP contribution in [0.3, 0.4) is 0 Å². The molecule has 0 heterocycles. The molecule has 0 aromatic heterocycles. The van der Waals surface area contributed by atoms with Gasteiger partial charge in [-0.25, -0.2) is 22.3 Å².